The molecule has 1 unspecified atom stereocenters. The van der Waals surface area contributed by atoms with Gasteiger partial charge in [-0.3, -0.25) is 15.1 Å². The van der Waals surface area contributed by atoms with Crippen LogP contribution in [0.15, 0.2) is 30.6 Å². The second kappa shape index (κ2) is 6.05. The molecular formula is C15H18N4O2. The molecule has 1 atom stereocenters. The number of benzene rings is 1. The molecule has 1 aliphatic heterocycles. The summed E-state index contributed by atoms with van der Waals surface area (Å²) in [6.07, 6.45) is 6.87. The number of pyridine rings is 1. The second-order valence-electron chi connectivity index (χ2n) is 5.34. The van der Waals surface area contributed by atoms with Gasteiger partial charge in [-0.1, -0.05) is 6.42 Å². The SMILES string of the molecule is O=[N+]([O-])c1ccc(NCC2CCCCN2)c2ccncc12. The topological polar surface area (TPSA) is 80.1 Å². The maximum atomic E-state index is 11.1. The molecule has 1 aliphatic rings. The zero-order chi connectivity index (χ0) is 14.7. The van der Waals surface area contributed by atoms with Gasteiger partial charge in [0.25, 0.3) is 5.69 Å². The van der Waals surface area contributed by atoms with Gasteiger partial charge in [-0.25, -0.2) is 0 Å². The van der Waals surface area contributed by atoms with E-state index in [-0.39, 0.29) is 10.6 Å². The predicted octanol–water partition coefficient (Wildman–Crippen LogP) is 2.70. The van der Waals surface area contributed by atoms with E-state index in [9.17, 15) is 10.1 Å². The van der Waals surface area contributed by atoms with E-state index in [2.05, 4.69) is 15.6 Å². The van der Waals surface area contributed by atoms with Crippen LogP contribution < -0.4 is 10.6 Å². The third-order valence-corrected chi connectivity index (χ3v) is 3.94. The molecule has 1 aromatic heterocycles. The molecule has 0 saturated carbocycles. The lowest BCUT2D eigenvalue weighted by molar-refractivity contribution is -0.383. The van der Waals surface area contributed by atoms with Gasteiger partial charge in [0.1, 0.15) is 0 Å². The molecular weight excluding hydrogens is 268 g/mol. The summed E-state index contributed by atoms with van der Waals surface area (Å²) in [5.41, 5.74) is 1.02. The van der Waals surface area contributed by atoms with E-state index < -0.39 is 0 Å². The first-order chi connectivity index (χ1) is 10.3. The molecule has 0 amide bonds. The van der Waals surface area contributed by atoms with Crippen LogP contribution in [0.4, 0.5) is 11.4 Å². The molecule has 0 aliphatic carbocycles. The zero-order valence-corrected chi connectivity index (χ0v) is 11.7. The second-order valence-corrected chi connectivity index (χ2v) is 5.34. The van der Waals surface area contributed by atoms with Crippen molar-refractivity contribution in [3.63, 3.8) is 0 Å². The smallest absolute Gasteiger partial charge is 0.278 e. The van der Waals surface area contributed by atoms with E-state index >= 15 is 0 Å². The van der Waals surface area contributed by atoms with Crippen LogP contribution in [-0.4, -0.2) is 29.0 Å². The van der Waals surface area contributed by atoms with Gasteiger partial charge in [-0.15, -0.1) is 0 Å². The monoisotopic (exact) mass is 286 g/mol. The van der Waals surface area contributed by atoms with Crippen LogP contribution >= 0.6 is 0 Å². The van der Waals surface area contributed by atoms with Crippen LogP contribution in [0.25, 0.3) is 10.8 Å². The highest BCUT2D eigenvalue weighted by Gasteiger charge is 2.16. The number of hydrogen-bond donors (Lipinski definition) is 2. The van der Waals surface area contributed by atoms with Crippen LogP contribution in [0.2, 0.25) is 0 Å². The maximum Gasteiger partial charge on any atom is 0.278 e. The molecule has 6 heteroatoms. The Hall–Kier alpha value is -2.21. The van der Waals surface area contributed by atoms with Crippen molar-refractivity contribution in [2.75, 3.05) is 18.4 Å². The molecule has 1 fully saturated rings. The molecule has 0 radical (unpaired) electrons. The zero-order valence-electron chi connectivity index (χ0n) is 11.7. The van der Waals surface area contributed by atoms with Gasteiger partial charge in [-0.2, -0.15) is 0 Å². The molecule has 6 nitrogen and oxygen atoms in total. The predicted molar refractivity (Wildman–Crippen MR) is 82.5 cm³/mol. The lowest BCUT2D eigenvalue weighted by Crippen LogP contribution is -2.39. The summed E-state index contributed by atoms with van der Waals surface area (Å²) >= 11 is 0. The summed E-state index contributed by atoms with van der Waals surface area (Å²) in [5, 5.41) is 19.4. The van der Waals surface area contributed by atoms with E-state index in [1.165, 1.54) is 19.3 Å². The quantitative estimate of drug-likeness (QED) is 0.667. The molecule has 2 heterocycles. The van der Waals surface area contributed by atoms with Crippen LogP contribution in [-0.2, 0) is 0 Å². The number of aromatic nitrogens is 1. The van der Waals surface area contributed by atoms with Crippen molar-refractivity contribution < 1.29 is 4.92 Å². The number of hydrogen-bond acceptors (Lipinski definition) is 5. The Bertz CT molecular complexity index is 653. The number of anilines is 1. The minimum absolute atomic E-state index is 0.0967. The molecule has 1 aromatic carbocycles. The summed E-state index contributed by atoms with van der Waals surface area (Å²) < 4.78 is 0. The first kappa shape index (κ1) is 13.8. The third kappa shape index (κ3) is 2.95. The van der Waals surface area contributed by atoms with Crippen LogP contribution in [0.5, 0.6) is 0 Å². The minimum Gasteiger partial charge on any atom is -0.383 e. The lowest BCUT2D eigenvalue weighted by Gasteiger charge is -2.24. The highest BCUT2D eigenvalue weighted by atomic mass is 16.6. The standard InChI is InChI=1S/C15H18N4O2/c20-19(21)15-5-4-14(12-6-8-16-10-13(12)15)18-9-11-3-1-2-7-17-11/h4-6,8,10-11,17-18H,1-3,7,9H2. The molecule has 21 heavy (non-hydrogen) atoms. The van der Waals surface area contributed by atoms with E-state index in [0.717, 1.165) is 24.2 Å². The summed E-state index contributed by atoms with van der Waals surface area (Å²) in [4.78, 5) is 14.7. The van der Waals surface area contributed by atoms with Crippen molar-refractivity contribution in [2.24, 2.45) is 0 Å². The Kier molecular flexibility index (Phi) is 3.96. The van der Waals surface area contributed by atoms with Crippen LogP contribution in [0.1, 0.15) is 19.3 Å². The van der Waals surface area contributed by atoms with E-state index in [1.54, 1.807) is 24.5 Å². The fraction of sp³-hybridized carbons (Fsp3) is 0.400. The average molecular weight is 286 g/mol. The van der Waals surface area contributed by atoms with Crippen molar-refractivity contribution in [2.45, 2.75) is 25.3 Å². The number of nitrogens with zero attached hydrogens (tertiary/aromatic N) is 2. The van der Waals surface area contributed by atoms with Crippen molar-refractivity contribution in [3.8, 4) is 0 Å². The van der Waals surface area contributed by atoms with Crippen molar-refractivity contribution in [1.29, 1.82) is 0 Å². The Morgan fingerprint density at radius 1 is 1.33 bits per heavy atom. The molecule has 0 bridgehead atoms. The number of rotatable bonds is 4. The fourth-order valence-electron chi connectivity index (χ4n) is 2.82. The van der Waals surface area contributed by atoms with Crippen molar-refractivity contribution in [3.05, 3.63) is 40.7 Å². The highest BCUT2D eigenvalue weighted by molar-refractivity contribution is 5.99. The summed E-state index contributed by atoms with van der Waals surface area (Å²) in [7, 11) is 0. The first-order valence-electron chi connectivity index (χ1n) is 7.24. The fourth-order valence-corrected chi connectivity index (χ4v) is 2.82. The maximum absolute atomic E-state index is 11.1. The number of nitro groups is 1. The van der Waals surface area contributed by atoms with Gasteiger partial charge in [0.2, 0.25) is 0 Å². The first-order valence-corrected chi connectivity index (χ1v) is 7.24. The normalized spacial score (nSPS) is 18.6. The third-order valence-electron chi connectivity index (χ3n) is 3.94. The van der Waals surface area contributed by atoms with Crippen molar-refractivity contribution in [1.82, 2.24) is 10.3 Å². The number of nitrogens with one attached hydrogen (secondary N) is 2. The van der Waals surface area contributed by atoms with E-state index in [0.29, 0.717) is 11.4 Å². The Morgan fingerprint density at radius 2 is 2.24 bits per heavy atom. The van der Waals surface area contributed by atoms with Gasteiger partial charge in [-0.05, 0) is 31.5 Å². The molecule has 2 aromatic rings. The Morgan fingerprint density at radius 3 is 3.00 bits per heavy atom. The number of non-ortho nitro benzene ring substituents is 1. The van der Waals surface area contributed by atoms with Gasteiger partial charge in [0.15, 0.2) is 0 Å². The number of nitro benzene ring substituents is 1. The summed E-state index contributed by atoms with van der Waals surface area (Å²) in [6.45, 7) is 1.90. The van der Waals surface area contributed by atoms with Crippen LogP contribution in [0, 0.1) is 10.1 Å². The van der Waals surface area contributed by atoms with Gasteiger partial charge >= 0.3 is 0 Å². The number of fused-ring (bicyclic) bond motifs is 1. The number of piperidine rings is 1. The molecule has 2 N–H and O–H groups in total. The average Bonchev–Trinajstić information content (AvgIpc) is 2.53. The molecule has 1 saturated heterocycles. The highest BCUT2D eigenvalue weighted by Crippen LogP contribution is 2.30. The Balaban J connectivity index is 1.85. The molecule has 110 valence electrons. The van der Waals surface area contributed by atoms with Crippen molar-refractivity contribution >= 4 is 22.1 Å². The van der Waals surface area contributed by atoms with Crippen LogP contribution in [0.3, 0.4) is 0 Å². The Labute approximate surface area is 122 Å². The minimum atomic E-state index is -0.365. The lowest BCUT2D eigenvalue weighted by atomic mass is 10.0. The molecule has 0 spiro atoms. The van der Waals surface area contributed by atoms with Gasteiger partial charge in [0.05, 0.1) is 10.3 Å². The summed E-state index contributed by atoms with van der Waals surface area (Å²) in [5.74, 6) is 0. The van der Waals surface area contributed by atoms with Gasteiger partial charge < -0.3 is 10.6 Å². The van der Waals surface area contributed by atoms with E-state index in [1.807, 2.05) is 6.07 Å². The van der Waals surface area contributed by atoms with Gasteiger partial charge in [0, 0.05) is 42.1 Å². The summed E-state index contributed by atoms with van der Waals surface area (Å²) in [6, 6.07) is 5.61. The molecule has 3 rings (SSSR count). The largest absolute Gasteiger partial charge is 0.383 e. The van der Waals surface area contributed by atoms with E-state index in [4.69, 9.17) is 0 Å².